The third kappa shape index (κ3) is 3.86. The van der Waals surface area contributed by atoms with E-state index < -0.39 is 0 Å². The molecular weight excluding hydrogens is 366 g/mol. The number of aromatic nitrogens is 3. The van der Waals surface area contributed by atoms with Crippen LogP contribution in [0.4, 0.5) is 0 Å². The first kappa shape index (κ1) is 19.1. The Morgan fingerprint density at radius 2 is 2.07 bits per heavy atom. The normalized spacial score (nSPS) is 15.9. The molecule has 0 saturated heterocycles. The van der Waals surface area contributed by atoms with E-state index in [0.717, 1.165) is 42.6 Å². The Hall–Kier alpha value is -3.19. The first-order valence-electron chi connectivity index (χ1n) is 9.79. The number of rotatable bonds is 5. The quantitative estimate of drug-likeness (QED) is 0.697. The Bertz CT molecular complexity index is 998. The van der Waals surface area contributed by atoms with Crippen LogP contribution in [0.15, 0.2) is 48.7 Å². The Kier molecular flexibility index (Phi) is 5.31. The zero-order valence-corrected chi connectivity index (χ0v) is 16.7. The van der Waals surface area contributed by atoms with Crippen molar-refractivity contribution in [3.8, 4) is 11.7 Å². The van der Waals surface area contributed by atoms with Crippen molar-refractivity contribution in [2.75, 3.05) is 14.1 Å². The van der Waals surface area contributed by atoms with Crippen molar-refractivity contribution < 1.29 is 9.90 Å². The van der Waals surface area contributed by atoms with Crippen LogP contribution < -0.4 is 5.32 Å². The summed E-state index contributed by atoms with van der Waals surface area (Å²) in [5, 5.41) is 17.9. The molecule has 4 rings (SSSR count). The number of aryl methyl sites for hydroxylation is 1. The Morgan fingerprint density at radius 1 is 1.28 bits per heavy atom. The van der Waals surface area contributed by atoms with Crippen molar-refractivity contribution in [1.29, 1.82) is 0 Å². The SMILES string of the molecule is CNC(=O)c1ccc(CN(C)C2CCc3nn(-c4ccccn4)c(O)c3C2)cc1. The number of hydrogen-bond donors (Lipinski definition) is 2. The lowest BCUT2D eigenvalue weighted by Crippen LogP contribution is -2.35. The first-order chi connectivity index (χ1) is 14.1. The van der Waals surface area contributed by atoms with E-state index in [1.54, 1.807) is 13.2 Å². The number of aromatic hydroxyl groups is 1. The molecule has 2 heterocycles. The van der Waals surface area contributed by atoms with Crippen molar-refractivity contribution in [2.45, 2.75) is 31.8 Å². The summed E-state index contributed by atoms with van der Waals surface area (Å²) in [4.78, 5) is 18.3. The van der Waals surface area contributed by atoms with Gasteiger partial charge in [-0.3, -0.25) is 9.69 Å². The second kappa shape index (κ2) is 8.05. The molecule has 7 heteroatoms. The second-order valence-corrected chi connectivity index (χ2v) is 7.44. The van der Waals surface area contributed by atoms with Gasteiger partial charge in [-0.2, -0.15) is 9.78 Å². The highest BCUT2D eigenvalue weighted by Crippen LogP contribution is 2.32. The summed E-state index contributed by atoms with van der Waals surface area (Å²) in [7, 11) is 3.73. The largest absolute Gasteiger partial charge is 0.493 e. The van der Waals surface area contributed by atoms with Crippen LogP contribution in [-0.2, 0) is 19.4 Å². The van der Waals surface area contributed by atoms with E-state index in [1.807, 2.05) is 42.5 Å². The second-order valence-electron chi connectivity index (χ2n) is 7.44. The molecule has 2 N–H and O–H groups in total. The van der Waals surface area contributed by atoms with Crippen LogP contribution in [0.5, 0.6) is 5.88 Å². The van der Waals surface area contributed by atoms with E-state index in [2.05, 4.69) is 27.3 Å². The standard InChI is InChI=1S/C22H25N5O2/c1-23-21(28)16-8-6-15(7-9-16)14-26(2)17-10-11-19-18(13-17)22(29)27(25-19)20-5-3-4-12-24-20/h3-9,12,17,29H,10-11,13-14H2,1-2H3,(H,23,28). The molecule has 1 amide bonds. The van der Waals surface area contributed by atoms with Crippen LogP contribution in [-0.4, -0.2) is 50.8 Å². The van der Waals surface area contributed by atoms with Gasteiger partial charge in [-0.25, -0.2) is 4.98 Å². The Morgan fingerprint density at radius 3 is 2.76 bits per heavy atom. The minimum Gasteiger partial charge on any atom is -0.493 e. The number of nitrogens with one attached hydrogen (secondary N) is 1. The fourth-order valence-electron chi connectivity index (χ4n) is 3.87. The molecule has 150 valence electrons. The van der Waals surface area contributed by atoms with E-state index in [1.165, 1.54) is 4.68 Å². The summed E-state index contributed by atoms with van der Waals surface area (Å²) >= 11 is 0. The van der Waals surface area contributed by atoms with Gasteiger partial charge in [-0.1, -0.05) is 18.2 Å². The maximum atomic E-state index is 11.7. The predicted octanol–water partition coefficient (Wildman–Crippen LogP) is 2.32. The van der Waals surface area contributed by atoms with E-state index in [0.29, 0.717) is 17.4 Å². The summed E-state index contributed by atoms with van der Waals surface area (Å²) < 4.78 is 1.53. The number of pyridine rings is 1. The van der Waals surface area contributed by atoms with Gasteiger partial charge in [0.1, 0.15) is 0 Å². The van der Waals surface area contributed by atoms with Crippen molar-refractivity contribution in [1.82, 2.24) is 25.0 Å². The number of amides is 1. The van der Waals surface area contributed by atoms with Gasteiger partial charge in [0.2, 0.25) is 5.88 Å². The molecule has 2 aromatic heterocycles. The lowest BCUT2D eigenvalue weighted by Gasteiger charge is -2.30. The number of benzene rings is 1. The summed E-state index contributed by atoms with van der Waals surface area (Å²) in [6.45, 7) is 0.781. The molecule has 3 aromatic rings. The Labute approximate surface area is 170 Å². The third-order valence-corrected chi connectivity index (χ3v) is 5.56. The summed E-state index contributed by atoms with van der Waals surface area (Å²) in [5.74, 6) is 0.734. The summed E-state index contributed by atoms with van der Waals surface area (Å²) in [6.07, 6.45) is 4.26. The average Bonchev–Trinajstić information content (AvgIpc) is 3.10. The van der Waals surface area contributed by atoms with Gasteiger partial charge in [-0.15, -0.1) is 0 Å². The highest BCUT2D eigenvalue weighted by atomic mass is 16.3. The van der Waals surface area contributed by atoms with Crippen LogP contribution in [0, 0.1) is 0 Å². The maximum absolute atomic E-state index is 11.7. The minimum atomic E-state index is -0.0786. The van der Waals surface area contributed by atoms with Crippen molar-refractivity contribution in [3.05, 3.63) is 71.0 Å². The molecule has 1 atom stereocenters. The molecule has 0 fully saturated rings. The van der Waals surface area contributed by atoms with Crippen LogP contribution in [0.2, 0.25) is 0 Å². The number of fused-ring (bicyclic) bond motifs is 1. The monoisotopic (exact) mass is 391 g/mol. The molecule has 0 bridgehead atoms. The lowest BCUT2D eigenvalue weighted by atomic mass is 9.92. The molecule has 0 spiro atoms. The fourth-order valence-corrected chi connectivity index (χ4v) is 3.87. The molecule has 0 radical (unpaired) electrons. The van der Waals surface area contributed by atoms with Crippen molar-refractivity contribution >= 4 is 5.91 Å². The molecule has 1 aliphatic carbocycles. The number of hydrogen-bond acceptors (Lipinski definition) is 5. The average molecular weight is 391 g/mol. The maximum Gasteiger partial charge on any atom is 0.251 e. The molecule has 1 aromatic carbocycles. The fraction of sp³-hybridized carbons (Fsp3) is 0.318. The van der Waals surface area contributed by atoms with E-state index >= 15 is 0 Å². The number of likely N-dealkylation sites (N-methyl/N-ethyl adjacent to an activating group) is 1. The van der Waals surface area contributed by atoms with Gasteiger partial charge in [0.05, 0.1) is 5.69 Å². The van der Waals surface area contributed by atoms with Gasteiger partial charge in [0.15, 0.2) is 5.82 Å². The Balaban J connectivity index is 1.47. The van der Waals surface area contributed by atoms with E-state index in [4.69, 9.17) is 0 Å². The number of carbonyl (C=O) groups is 1. The summed E-state index contributed by atoms with van der Waals surface area (Å²) in [6, 6.07) is 13.6. The smallest absolute Gasteiger partial charge is 0.251 e. The number of nitrogens with zero attached hydrogens (tertiary/aromatic N) is 4. The van der Waals surface area contributed by atoms with Crippen LogP contribution in [0.25, 0.3) is 5.82 Å². The van der Waals surface area contributed by atoms with Crippen LogP contribution in [0.1, 0.15) is 33.6 Å². The third-order valence-electron chi connectivity index (χ3n) is 5.56. The van der Waals surface area contributed by atoms with Gasteiger partial charge in [0.25, 0.3) is 5.91 Å². The topological polar surface area (TPSA) is 83.3 Å². The van der Waals surface area contributed by atoms with E-state index in [9.17, 15) is 9.90 Å². The van der Waals surface area contributed by atoms with Crippen molar-refractivity contribution in [2.24, 2.45) is 0 Å². The van der Waals surface area contributed by atoms with Crippen LogP contribution >= 0.6 is 0 Å². The van der Waals surface area contributed by atoms with Gasteiger partial charge in [0, 0.05) is 37.0 Å². The lowest BCUT2D eigenvalue weighted by molar-refractivity contribution is 0.0963. The van der Waals surface area contributed by atoms with Crippen LogP contribution in [0.3, 0.4) is 0 Å². The molecule has 29 heavy (non-hydrogen) atoms. The highest BCUT2D eigenvalue weighted by molar-refractivity contribution is 5.93. The zero-order chi connectivity index (χ0) is 20.4. The molecule has 1 unspecified atom stereocenters. The van der Waals surface area contributed by atoms with Crippen molar-refractivity contribution in [3.63, 3.8) is 0 Å². The highest BCUT2D eigenvalue weighted by Gasteiger charge is 2.29. The molecule has 0 saturated carbocycles. The molecule has 0 aliphatic heterocycles. The van der Waals surface area contributed by atoms with Gasteiger partial charge >= 0.3 is 0 Å². The van der Waals surface area contributed by atoms with Gasteiger partial charge < -0.3 is 10.4 Å². The van der Waals surface area contributed by atoms with Gasteiger partial charge in [-0.05, 0) is 56.1 Å². The zero-order valence-electron chi connectivity index (χ0n) is 16.7. The van der Waals surface area contributed by atoms with E-state index in [-0.39, 0.29) is 11.8 Å². The molecule has 1 aliphatic rings. The predicted molar refractivity (Wildman–Crippen MR) is 110 cm³/mol. The number of carbonyl (C=O) groups excluding carboxylic acids is 1. The first-order valence-corrected chi connectivity index (χ1v) is 9.79. The minimum absolute atomic E-state index is 0.0786. The molecule has 7 nitrogen and oxygen atoms in total. The molecular formula is C22H25N5O2. The summed E-state index contributed by atoms with van der Waals surface area (Å²) in [5.41, 5.74) is 3.67.